The van der Waals surface area contributed by atoms with E-state index in [1.165, 1.54) is 0 Å². The minimum Gasteiger partial charge on any atom is -0.483 e. The summed E-state index contributed by atoms with van der Waals surface area (Å²) in [4.78, 5) is 22.7. The zero-order valence-electron chi connectivity index (χ0n) is 11.4. The maximum Gasteiger partial charge on any atom is 0.326 e. The minimum absolute atomic E-state index is 0.181. The topological polar surface area (TPSA) is 75.6 Å². The summed E-state index contributed by atoms with van der Waals surface area (Å²) in [5.74, 6) is -0.763. The van der Waals surface area contributed by atoms with E-state index in [4.69, 9.17) is 9.84 Å². The van der Waals surface area contributed by atoms with Gasteiger partial charge in [0, 0.05) is 0 Å². The van der Waals surface area contributed by atoms with Crippen LogP contribution in [0.5, 0.6) is 5.75 Å². The number of carbonyl (C=O) groups is 2. The summed E-state index contributed by atoms with van der Waals surface area (Å²) in [5, 5.41) is 11.5. The molecule has 1 aromatic carbocycles. The summed E-state index contributed by atoms with van der Waals surface area (Å²) < 4.78 is 6.07. The van der Waals surface area contributed by atoms with Crippen molar-refractivity contribution in [3.05, 3.63) is 28.7 Å². The van der Waals surface area contributed by atoms with Crippen LogP contribution in [0.2, 0.25) is 0 Å². The SMILES string of the molecule is CC(C)C[C@H](NC(=O)COc1ccccc1Br)C(=O)O. The molecule has 0 bridgehead atoms. The molecule has 0 aromatic heterocycles. The highest BCUT2D eigenvalue weighted by Gasteiger charge is 2.21. The second-order valence-corrected chi connectivity index (χ2v) is 5.66. The number of benzene rings is 1. The van der Waals surface area contributed by atoms with Gasteiger partial charge in [-0.1, -0.05) is 26.0 Å². The number of carbonyl (C=O) groups excluding carboxylic acids is 1. The molecule has 1 aromatic rings. The van der Waals surface area contributed by atoms with Crippen molar-refractivity contribution in [3.8, 4) is 5.75 Å². The Morgan fingerprint density at radius 1 is 1.35 bits per heavy atom. The molecular weight excluding hydrogens is 326 g/mol. The van der Waals surface area contributed by atoms with Gasteiger partial charge in [-0.3, -0.25) is 4.79 Å². The van der Waals surface area contributed by atoms with Crippen LogP contribution in [-0.2, 0) is 9.59 Å². The summed E-state index contributed by atoms with van der Waals surface area (Å²) in [5.41, 5.74) is 0. The largest absolute Gasteiger partial charge is 0.483 e. The van der Waals surface area contributed by atoms with Crippen LogP contribution in [0.25, 0.3) is 0 Å². The van der Waals surface area contributed by atoms with E-state index in [2.05, 4.69) is 21.2 Å². The molecule has 0 radical (unpaired) electrons. The Morgan fingerprint density at radius 2 is 2.00 bits per heavy atom. The van der Waals surface area contributed by atoms with Gasteiger partial charge in [0.05, 0.1) is 4.47 Å². The second kappa shape index (κ2) is 7.89. The monoisotopic (exact) mass is 343 g/mol. The smallest absolute Gasteiger partial charge is 0.326 e. The lowest BCUT2D eigenvalue weighted by Gasteiger charge is -2.16. The van der Waals surface area contributed by atoms with E-state index in [1.54, 1.807) is 18.2 Å². The number of carboxylic acid groups (broad SMARTS) is 1. The van der Waals surface area contributed by atoms with Crippen molar-refractivity contribution >= 4 is 27.8 Å². The van der Waals surface area contributed by atoms with Gasteiger partial charge in [-0.25, -0.2) is 4.79 Å². The molecule has 0 saturated heterocycles. The summed E-state index contributed by atoms with van der Waals surface area (Å²) in [6, 6.07) is 6.26. The maximum atomic E-state index is 11.7. The zero-order valence-corrected chi connectivity index (χ0v) is 13.0. The molecule has 0 fully saturated rings. The molecule has 1 atom stereocenters. The van der Waals surface area contributed by atoms with Gasteiger partial charge in [0.2, 0.25) is 0 Å². The average molecular weight is 344 g/mol. The van der Waals surface area contributed by atoms with Crippen LogP contribution in [-0.4, -0.2) is 29.6 Å². The number of aliphatic carboxylic acids is 1. The van der Waals surface area contributed by atoms with Crippen molar-refractivity contribution in [1.29, 1.82) is 0 Å². The third-order valence-electron chi connectivity index (χ3n) is 2.54. The third kappa shape index (κ3) is 5.61. The Hall–Kier alpha value is -1.56. The molecule has 20 heavy (non-hydrogen) atoms. The molecule has 0 heterocycles. The van der Waals surface area contributed by atoms with Gasteiger partial charge in [0.1, 0.15) is 11.8 Å². The first-order valence-corrected chi connectivity index (χ1v) is 7.09. The zero-order chi connectivity index (χ0) is 15.1. The minimum atomic E-state index is -1.03. The van der Waals surface area contributed by atoms with Gasteiger partial charge < -0.3 is 15.2 Å². The Labute approximate surface area is 126 Å². The Bertz CT molecular complexity index is 476. The molecule has 0 aliphatic heterocycles. The first-order valence-electron chi connectivity index (χ1n) is 6.29. The molecule has 0 saturated carbocycles. The molecule has 6 heteroatoms. The number of carboxylic acids is 1. The van der Waals surface area contributed by atoms with Crippen LogP contribution in [0.3, 0.4) is 0 Å². The van der Waals surface area contributed by atoms with Crippen LogP contribution < -0.4 is 10.1 Å². The summed E-state index contributed by atoms with van der Waals surface area (Å²) in [6.07, 6.45) is 0.385. The second-order valence-electron chi connectivity index (χ2n) is 4.81. The normalized spacial score (nSPS) is 12.0. The number of rotatable bonds is 7. The highest BCUT2D eigenvalue weighted by molar-refractivity contribution is 9.10. The molecular formula is C14H18BrNO4. The number of halogens is 1. The van der Waals surface area contributed by atoms with Crippen molar-refractivity contribution < 1.29 is 19.4 Å². The van der Waals surface area contributed by atoms with Crippen LogP contribution in [0, 0.1) is 5.92 Å². The molecule has 0 aliphatic carbocycles. The Morgan fingerprint density at radius 3 is 2.55 bits per heavy atom. The number of amides is 1. The number of nitrogens with one attached hydrogen (secondary N) is 1. The van der Waals surface area contributed by atoms with E-state index in [0.29, 0.717) is 12.2 Å². The van der Waals surface area contributed by atoms with Crippen molar-refractivity contribution in [2.75, 3.05) is 6.61 Å². The first kappa shape index (κ1) is 16.5. The van der Waals surface area contributed by atoms with Gasteiger partial charge in [-0.2, -0.15) is 0 Å². The lowest BCUT2D eigenvalue weighted by Crippen LogP contribution is -2.43. The maximum absolute atomic E-state index is 11.7. The van der Waals surface area contributed by atoms with Crippen LogP contribution >= 0.6 is 15.9 Å². The molecule has 0 unspecified atom stereocenters. The van der Waals surface area contributed by atoms with Gasteiger partial charge in [-0.05, 0) is 40.4 Å². The Balaban J connectivity index is 2.50. The molecule has 110 valence electrons. The highest BCUT2D eigenvalue weighted by Crippen LogP contribution is 2.23. The number of hydrogen-bond donors (Lipinski definition) is 2. The van der Waals surface area contributed by atoms with Crippen molar-refractivity contribution in [1.82, 2.24) is 5.32 Å². The standard InChI is InChI=1S/C14H18BrNO4/c1-9(2)7-11(14(18)19)16-13(17)8-20-12-6-4-3-5-10(12)15/h3-6,9,11H,7-8H2,1-2H3,(H,16,17)(H,18,19)/t11-/m0/s1. The van der Waals surface area contributed by atoms with E-state index < -0.39 is 17.9 Å². The molecule has 0 spiro atoms. The fourth-order valence-electron chi connectivity index (χ4n) is 1.63. The van der Waals surface area contributed by atoms with Crippen molar-refractivity contribution in [2.45, 2.75) is 26.3 Å². The van der Waals surface area contributed by atoms with E-state index in [-0.39, 0.29) is 12.5 Å². The summed E-state index contributed by atoms with van der Waals surface area (Å²) in [6.45, 7) is 3.59. The van der Waals surface area contributed by atoms with E-state index in [0.717, 1.165) is 4.47 Å². The number of para-hydroxylation sites is 1. The van der Waals surface area contributed by atoms with Gasteiger partial charge >= 0.3 is 5.97 Å². The molecule has 1 rings (SSSR count). The highest BCUT2D eigenvalue weighted by atomic mass is 79.9. The fourth-order valence-corrected chi connectivity index (χ4v) is 2.03. The first-order chi connectivity index (χ1) is 9.40. The predicted octanol–water partition coefficient (Wildman–Crippen LogP) is 2.44. The lowest BCUT2D eigenvalue weighted by molar-refractivity contribution is -0.142. The van der Waals surface area contributed by atoms with Gasteiger partial charge in [0.15, 0.2) is 6.61 Å². The molecule has 0 aliphatic rings. The van der Waals surface area contributed by atoms with Crippen LogP contribution in [0.4, 0.5) is 0 Å². The van der Waals surface area contributed by atoms with E-state index in [9.17, 15) is 9.59 Å². The predicted molar refractivity (Wildman–Crippen MR) is 78.7 cm³/mol. The van der Waals surface area contributed by atoms with Crippen LogP contribution in [0.1, 0.15) is 20.3 Å². The Kier molecular flexibility index (Phi) is 6.51. The van der Waals surface area contributed by atoms with Gasteiger partial charge in [-0.15, -0.1) is 0 Å². The quantitative estimate of drug-likeness (QED) is 0.797. The number of ether oxygens (including phenoxy) is 1. The third-order valence-corrected chi connectivity index (χ3v) is 3.19. The number of hydrogen-bond acceptors (Lipinski definition) is 3. The van der Waals surface area contributed by atoms with Gasteiger partial charge in [0.25, 0.3) is 5.91 Å². The molecule has 5 nitrogen and oxygen atoms in total. The summed E-state index contributed by atoms with van der Waals surface area (Å²) in [7, 11) is 0. The van der Waals surface area contributed by atoms with Crippen LogP contribution in [0.15, 0.2) is 28.7 Å². The van der Waals surface area contributed by atoms with E-state index in [1.807, 2.05) is 19.9 Å². The van der Waals surface area contributed by atoms with E-state index >= 15 is 0 Å². The van der Waals surface area contributed by atoms with Crippen molar-refractivity contribution in [3.63, 3.8) is 0 Å². The lowest BCUT2D eigenvalue weighted by atomic mass is 10.0. The molecule has 1 amide bonds. The summed E-state index contributed by atoms with van der Waals surface area (Å²) >= 11 is 3.30. The molecule has 2 N–H and O–H groups in total. The fraction of sp³-hybridized carbons (Fsp3) is 0.429. The average Bonchev–Trinajstić information content (AvgIpc) is 2.36. The van der Waals surface area contributed by atoms with Crippen molar-refractivity contribution in [2.24, 2.45) is 5.92 Å².